The summed E-state index contributed by atoms with van der Waals surface area (Å²) >= 11 is 0. The third-order valence-corrected chi connectivity index (χ3v) is 5.40. The highest BCUT2D eigenvalue weighted by Gasteiger charge is 2.29. The summed E-state index contributed by atoms with van der Waals surface area (Å²) < 4.78 is 0. The first-order valence-electron chi connectivity index (χ1n) is 10.7. The molecule has 0 aliphatic heterocycles. The molecule has 7 heteroatoms. The highest BCUT2D eigenvalue weighted by molar-refractivity contribution is 5.87. The van der Waals surface area contributed by atoms with E-state index in [0.717, 1.165) is 18.4 Å². The van der Waals surface area contributed by atoms with E-state index in [2.05, 4.69) is 16.7 Å². The van der Waals surface area contributed by atoms with Crippen LogP contribution in [0.4, 0.5) is 0 Å². The number of benzene rings is 1. The van der Waals surface area contributed by atoms with Crippen LogP contribution in [0.2, 0.25) is 0 Å². The number of carboxylic acid groups (broad SMARTS) is 2. The van der Waals surface area contributed by atoms with Crippen molar-refractivity contribution in [2.75, 3.05) is 0 Å². The largest absolute Gasteiger partial charge is 0.481 e. The van der Waals surface area contributed by atoms with Gasteiger partial charge in [-0.1, -0.05) is 37.1 Å². The van der Waals surface area contributed by atoms with Gasteiger partial charge >= 0.3 is 11.9 Å². The normalized spacial score (nSPS) is 16.8. The molecule has 1 fully saturated rings. The topological polar surface area (TPSA) is 116 Å². The molecule has 1 aromatic carbocycles. The minimum Gasteiger partial charge on any atom is -0.481 e. The van der Waals surface area contributed by atoms with E-state index in [0.29, 0.717) is 5.92 Å². The lowest BCUT2D eigenvalue weighted by atomic mass is 9.94. The Morgan fingerprint density at radius 3 is 2.33 bits per heavy atom. The lowest BCUT2D eigenvalue weighted by Crippen LogP contribution is -2.55. The summed E-state index contributed by atoms with van der Waals surface area (Å²) in [4.78, 5) is 35.6. The molecular formula is C23H34N2O5. The average Bonchev–Trinajstić information content (AvgIpc) is 3.18. The monoisotopic (exact) mass is 418 g/mol. The van der Waals surface area contributed by atoms with Crippen LogP contribution >= 0.6 is 0 Å². The van der Waals surface area contributed by atoms with Crippen LogP contribution in [-0.2, 0) is 20.8 Å². The van der Waals surface area contributed by atoms with Crippen molar-refractivity contribution in [3.8, 4) is 0 Å². The molecule has 1 saturated carbocycles. The molecule has 2 atom stereocenters. The van der Waals surface area contributed by atoms with Gasteiger partial charge in [0, 0.05) is 18.4 Å². The summed E-state index contributed by atoms with van der Waals surface area (Å²) in [6.45, 7) is 5.62. The van der Waals surface area contributed by atoms with E-state index < -0.39 is 35.5 Å². The van der Waals surface area contributed by atoms with Crippen molar-refractivity contribution in [3.05, 3.63) is 35.4 Å². The molecule has 1 aromatic rings. The molecule has 1 amide bonds. The van der Waals surface area contributed by atoms with Gasteiger partial charge in [-0.15, -0.1) is 0 Å². The van der Waals surface area contributed by atoms with Crippen molar-refractivity contribution in [1.29, 1.82) is 0 Å². The van der Waals surface area contributed by atoms with Crippen LogP contribution < -0.4 is 10.6 Å². The molecule has 7 nitrogen and oxygen atoms in total. The lowest BCUT2D eigenvalue weighted by molar-refractivity contribution is -0.142. The van der Waals surface area contributed by atoms with Gasteiger partial charge in [0.15, 0.2) is 0 Å². The van der Waals surface area contributed by atoms with Crippen LogP contribution in [0.25, 0.3) is 0 Å². The number of carbonyl (C=O) groups is 3. The van der Waals surface area contributed by atoms with Crippen LogP contribution in [0, 0.1) is 0 Å². The number of carboxylic acids is 2. The number of nitrogens with one attached hydrogen (secondary N) is 2. The molecule has 1 aliphatic carbocycles. The van der Waals surface area contributed by atoms with E-state index in [9.17, 15) is 19.5 Å². The summed E-state index contributed by atoms with van der Waals surface area (Å²) in [7, 11) is 0. The molecule has 30 heavy (non-hydrogen) atoms. The van der Waals surface area contributed by atoms with Crippen molar-refractivity contribution < 1.29 is 24.6 Å². The Hall–Kier alpha value is -2.41. The maximum atomic E-state index is 12.8. The van der Waals surface area contributed by atoms with E-state index in [1.165, 1.54) is 18.4 Å². The third-order valence-electron chi connectivity index (χ3n) is 5.40. The number of amides is 1. The first kappa shape index (κ1) is 23.9. The summed E-state index contributed by atoms with van der Waals surface area (Å²) in [5, 5.41) is 24.3. The van der Waals surface area contributed by atoms with Crippen LogP contribution in [-0.4, -0.2) is 45.7 Å². The standard InChI is InChI=1S/C23H34N2O5/c1-23(2,3)25-18(11-12-20(26)27)21(28)24-19(22(29)30)14-15-7-6-10-17(13-15)16-8-4-5-9-16/h6-7,10,13,16,18-19,25H,4-5,8-9,11-12,14H2,1-3H3,(H,24,28)(H,26,27)(H,29,30)/t18-,19-/m0/s1. The van der Waals surface area contributed by atoms with Gasteiger partial charge in [0.1, 0.15) is 6.04 Å². The van der Waals surface area contributed by atoms with Crippen LogP contribution in [0.3, 0.4) is 0 Å². The Kier molecular flexibility index (Phi) is 8.41. The minimum atomic E-state index is -1.11. The minimum absolute atomic E-state index is 0.0853. The molecule has 1 aliphatic rings. The third kappa shape index (κ3) is 7.78. The van der Waals surface area contributed by atoms with Crippen LogP contribution in [0.15, 0.2) is 24.3 Å². The van der Waals surface area contributed by atoms with E-state index >= 15 is 0 Å². The Morgan fingerprint density at radius 2 is 1.77 bits per heavy atom. The molecular weight excluding hydrogens is 384 g/mol. The SMILES string of the molecule is CC(C)(C)N[C@@H](CCC(=O)O)C(=O)N[C@@H](Cc1cccc(C2CCCC2)c1)C(=O)O. The molecule has 0 spiro atoms. The molecule has 0 heterocycles. The first-order chi connectivity index (χ1) is 14.0. The van der Waals surface area contributed by atoms with Gasteiger partial charge in [-0.3, -0.25) is 9.59 Å². The van der Waals surface area contributed by atoms with Crippen molar-refractivity contribution in [2.24, 2.45) is 0 Å². The second-order valence-electron chi connectivity index (χ2n) is 9.21. The number of rotatable bonds is 10. The Bertz CT molecular complexity index is 750. The van der Waals surface area contributed by atoms with E-state index in [1.807, 2.05) is 39.0 Å². The summed E-state index contributed by atoms with van der Waals surface area (Å²) in [5.41, 5.74) is 1.68. The predicted molar refractivity (Wildman–Crippen MR) is 114 cm³/mol. The maximum absolute atomic E-state index is 12.8. The molecule has 4 N–H and O–H groups in total. The number of hydrogen-bond donors (Lipinski definition) is 4. The van der Waals surface area contributed by atoms with Crippen LogP contribution in [0.1, 0.15) is 76.3 Å². The molecule has 0 aromatic heterocycles. The second-order valence-corrected chi connectivity index (χ2v) is 9.21. The Balaban J connectivity index is 2.09. The molecule has 2 rings (SSSR count). The lowest BCUT2D eigenvalue weighted by Gasteiger charge is -2.28. The highest BCUT2D eigenvalue weighted by Crippen LogP contribution is 2.34. The van der Waals surface area contributed by atoms with Gasteiger partial charge in [0.05, 0.1) is 6.04 Å². The number of aliphatic carboxylic acids is 2. The van der Waals surface area contributed by atoms with Crippen molar-refractivity contribution in [3.63, 3.8) is 0 Å². The fourth-order valence-electron chi connectivity index (χ4n) is 4.00. The maximum Gasteiger partial charge on any atom is 0.326 e. The van der Waals surface area contributed by atoms with E-state index in [4.69, 9.17) is 5.11 Å². The molecule has 0 bridgehead atoms. The average molecular weight is 419 g/mol. The predicted octanol–water partition coefficient (Wildman–Crippen LogP) is 3.08. The van der Waals surface area contributed by atoms with Gasteiger partial charge in [-0.25, -0.2) is 4.79 Å². The summed E-state index contributed by atoms with van der Waals surface area (Å²) in [6, 6.07) is 6.10. The fraction of sp³-hybridized carbons (Fsp3) is 0.609. The number of carbonyl (C=O) groups excluding carboxylic acids is 1. The van der Waals surface area contributed by atoms with Gasteiger partial charge in [-0.2, -0.15) is 0 Å². The summed E-state index contributed by atoms with van der Waals surface area (Å²) in [5.74, 6) is -2.07. The van der Waals surface area contributed by atoms with E-state index in [1.54, 1.807) is 0 Å². The zero-order chi connectivity index (χ0) is 22.3. The fourth-order valence-corrected chi connectivity index (χ4v) is 4.00. The molecule has 166 valence electrons. The quantitative estimate of drug-likeness (QED) is 0.464. The second kappa shape index (κ2) is 10.6. The molecule has 0 saturated heterocycles. The number of hydrogen-bond acceptors (Lipinski definition) is 4. The zero-order valence-electron chi connectivity index (χ0n) is 18.1. The first-order valence-corrected chi connectivity index (χ1v) is 10.7. The molecule has 0 unspecified atom stereocenters. The summed E-state index contributed by atoms with van der Waals surface area (Å²) in [6.07, 6.45) is 4.86. The smallest absolute Gasteiger partial charge is 0.326 e. The van der Waals surface area contributed by atoms with Gasteiger partial charge in [0.25, 0.3) is 0 Å². The molecule has 0 radical (unpaired) electrons. The highest BCUT2D eigenvalue weighted by atomic mass is 16.4. The van der Waals surface area contributed by atoms with Gasteiger partial charge in [0.2, 0.25) is 5.91 Å². The Labute approximate surface area is 178 Å². The Morgan fingerprint density at radius 1 is 1.10 bits per heavy atom. The van der Waals surface area contributed by atoms with Crippen molar-refractivity contribution in [2.45, 2.75) is 89.3 Å². The van der Waals surface area contributed by atoms with Gasteiger partial charge < -0.3 is 20.8 Å². The van der Waals surface area contributed by atoms with Crippen molar-refractivity contribution in [1.82, 2.24) is 10.6 Å². The van der Waals surface area contributed by atoms with Crippen molar-refractivity contribution >= 4 is 17.8 Å². The van der Waals surface area contributed by atoms with E-state index in [-0.39, 0.29) is 19.3 Å². The van der Waals surface area contributed by atoms with Crippen LogP contribution in [0.5, 0.6) is 0 Å². The van der Waals surface area contributed by atoms with Gasteiger partial charge in [-0.05, 0) is 57.1 Å². The zero-order valence-corrected chi connectivity index (χ0v) is 18.1.